The van der Waals surface area contributed by atoms with Gasteiger partial charge in [0.25, 0.3) is 0 Å². The molecule has 0 aromatic carbocycles. The van der Waals surface area contributed by atoms with Crippen LogP contribution < -0.4 is 0 Å². The molecular weight excluding hydrogens is 313 g/mol. The Morgan fingerprint density at radius 1 is 1.24 bits per heavy atom. The average Bonchev–Trinajstić information content (AvgIpc) is 2.15. The van der Waals surface area contributed by atoms with Crippen molar-refractivity contribution in [2.24, 2.45) is 0 Å². The third kappa shape index (κ3) is 13.2. The first kappa shape index (κ1) is 17.9. The molecule has 0 heterocycles. The fourth-order valence-electron chi connectivity index (χ4n) is 0.832. The second-order valence-electron chi connectivity index (χ2n) is 3.11. The Balaban J connectivity index is 3.55. The summed E-state index contributed by atoms with van der Waals surface area (Å²) in [5.41, 5.74) is 0. The van der Waals surface area contributed by atoms with E-state index in [9.17, 15) is 4.57 Å². The van der Waals surface area contributed by atoms with Gasteiger partial charge in [-0.15, -0.1) is 0 Å². The zero-order valence-electron chi connectivity index (χ0n) is 9.40. The van der Waals surface area contributed by atoms with Gasteiger partial charge < -0.3 is 9.63 Å². The van der Waals surface area contributed by atoms with Crippen molar-refractivity contribution < 1.29 is 23.2 Å². The number of rotatable bonds is 9. The maximum atomic E-state index is 11.2. The van der Waals surface area contributed by atoms with E-state index in [1.807, 2.05) is 0 Å². The lowest BCUT2D eigenvalue weighted by Crippen LogP contribution is -2.04. The molecule has 0 saturated carbocycles. The van der Waals surface area contributed by atoms with Crippen LogP contribution in [0.1, 0.15) is 26.2 Å². The quantitative estimate of drug-likeness (QED) is 0.303. The van der Waals surface area contributed by atoms with Crippen LogP contribution in [0.4, 0.5) is 0 Å². The normalized spacial score (nSPS) is 15.8. The van der Waals surface area contributed by atoms with Crippen LogP contribution in [0.2, 0.25) is 0 Å². The van der Waals surface area contributed by atoms with Gasteiger partial charge in [0.05, 0.1) is 6.61 Å². The molecule has 0 aromatic rings. The molecule has 0 aliphatic heterocycles. The highest BCUT2D eigenvalue weighted by atomic mass is 35.6. The Labute approximate surface area is 116 Å². The van der Waals surface area contributed by atoms with Crippen LogP contribution in [0, 0.1) is 0 Å². The lowest BCUT2D eigenvalue weighted by Gasteiger charge is -2.13. The first-order chi connectivity index (χ1) is 7.77. The molecule has 0 bridgehead atoms. The van der Waals surface area contributed by atoms with Crippen molar-refractivity contribution in [2.45, 2.75) is 30.0 Å². The van der Waals surface area contributed by atoms with E-state index in [2.05, 4.69) is 9.05 Å². The van der Waals surface area contributed by atoms with Crippen molar-refractivity contribution in [3.8, 4) is 0 Å². The molecule has 0 radical (unpaired) electrons. The van der Waals surface area contributed by atoms with E-state index >= 15 is 0 Å². The van der Waals surface area contributed by atoms with Gasteiger partial charge in [-0.3, -0.25) is 9.05 Å². The van der Waals surface area contributed by atoms with Crippen LogP contribution in [-0.2, 0) is 18.3 Å². The number of ether oxygens (including phenoxy) is 1. The molecular formula is C8H16Cl3O5P. The predicted molar refractivity (Wildman–Crippen MR) is 67.5 cm³/mol. The molecule has 1 unspecified atom stereocenters. The molecule has 0 saturated heterocycles. The largest absolute Gasteiger partial charge is 0.474 e. The first-order valence-corrected chi connectivity index (χ1v) is 7.66. The number of phosphoric acid groups is 1. The molecule has 0 aromatic heterocycles. The summed E-state index contributed by atoms with van der Waals surface area (Å²) in [6, 6.07) is 0. The topological polar surface area (TPSA) is 65.0 Å². The number of alkyl halides is 3. The summed E-state index contributed by atoms with van der Waals surface area (Å²) in [7, 11) is -4.03. The van der Waals surface area contributed by atoms with Gasteiger partial charge in [-0.1, -0.05) is 34.8 Å². The zero-order chi connectivity index (χ0) is 13.4. The smallest absolute Gasteiger partial charge is 0.355 e. The number of phosphoric ester groups is 1. The summed E-state index contributed by atoms with van der Waals surface area (Å²) >= 11 is 16.6. The molecule has 0 rings (SSSR count). The Kier molecular flexibility index (Phi) is 9.44. The second kappa shape index (κ2) is 8.94. The summed E-state index contributed by atoms with van der Waals surface area (Å²) in [5, 5.41) is 0. The summed E-state index contributed by atoms with van der Waals surface area (Å²) in [6.45, 7) is 1.91. The fraction of sp³-hybridized carbons (Fsp3) is 1.00. The maximum absolute atomic E-state index is 11.2. The van der Waals surface area contributed by atoms with Crippen LogP contribution >= 0.6 is 42.6 Å². The minimum atomic E-state index is -4.03. The number of unbranched alkanes of at least 4 members (excludes halogenated alkanes) is 1. The minimum Gasteiger partial charge on any atom is -0.355 e. The van der Waals surface area contributed by atoms with Gasteiger partial charge >= 0.3 is 7.82 Å². The molecule has 1 N–H and O–H groups in total. The van der Waals surface area contributed by atoms with Crippen molar-refractivity contribution in [1.29, 1.82) is 0 Å². The number of hydrogen-bond acceptors (Lipinski definition) is 4. The minimum absolute atomic E-state index is 0.0562. The molecule has 104 valence electrons. The SMILES string of the molecule is CCOCOP(=O)(O)OCCCCC(Cl)(Cl)Cl. The van der Waals surface area contributed by atoms with Crippen LogP contribution in [0.15, 0.2) is 0 Å². The van der Waals surface area contributed by atoms with Gasteiger partial charge in [-0.25, -0.2) is 4.57 Å². The Hall–Kier alpha value is 0.940. The van der Waals surface area contributed by atoms with E-state index in [-0.39, 0.29) is 13.4 Å². The van der Waals surface area contributed by atoms with Crippen molar-refractivity contribution in [2.75, 3.05) is 20.0 Å². The van der Waals surface area contributed by atoms with Gasteiger partial charge in [0, 0.05) is 6.61 Å². The van der Waals surface area contributed by atoms with Crippen LogP contribution in [0.3, 0.4) is 0 Å². The molecule has 0 aliphatic carbocycles. The van der Waals surface area contributed by atoms with Gasteiger partial charge in [-0.2, -0.15) is 0 Å². The van der Waals surface area contributed by atoms with E-state index in [0.29, 0.717) is 25.9 Å². The second-order valence-corrected chi connectivity index (χ2v) is 7.08. The van der Waals surface area contributed by atoms with Crippen molar-refractivity contribution in [3.05, 3.63) is 0 Å². The highest BCUT2D eigenvalue weighted by molar-refractivity contribution is 7.47. The number of hydrogen-bond donors (Lipinski definition) is 1. The lowest BCUT2D eigenvalue weighted by atomic mass is 10.3. The van der Waals surface area contributed by atoms with Crippen LogP contribution in [0.5, 0.6) is 0 Å². The third-order valence-corrected chi connectivity index (χ3v) is 3.12. The van der Waals surface area contributed by atoms with Crippen molar-refractivity contribution >= 4 is 42.6 Å². The predicted octanol–water partition coefficient (Wildman–Crippen LogP) is 3.65. The van der Waals surface area contributed by atoms with E-state index in [1.165, 1.54) is 0 Å². The zero-order valence-corrected chi connectivity index (χ0v) is 12.6. The third-order valence-electron chi connectivity index (χ3n) is 1.61. The summed E-state index contributed by atoms with van der Waals surface area (Å²) < 4.78 is 23.8. The maximum Gasteiger partial charge on any atom is 0.474 e. The summed E-state index contributed by atoms with van der Waals surface area (Å²) in [4.78, 5) is 9.15. The number of halogens is 3. The van der Waals surface area contributed by atoms with Gasteiger partial charge in [0.15, 0.2) is 10.6 Å². The van der Waals surface area contributed by atoms with Crippen molar-refractivity contribution in [1.82, 2.24) is 0 Å². The molecule has 9 heteroatoms. The standard InChI is InChI=1S/C8H16Cl3O5P/c1-2-14-7-16-17(12,13)15-6-4-3-5-8(9,10)11/h2-7H2,1H3,(H,12,13). The van der Waals surface area contributed by atoms with E-state index in [4.69, 9.17) is 44.4 Å². The van der Waals surface area contributed by atoms with Crippen LogP contribution in [-0.4, -0.2) is 28.7 Å². The van der Waals surface area contributed by atoms with E-state index in [0.717, 1.165) is 0 Å². The van der Waals surface area contributed by atoms with Gasteiger partial charge in [-0.05, 0) is 26.2 Å². The highest BCUT2D eigenvalue weighted by Crippen LogP contribution is 2.43. The Morgan fingerprint density at radius 3 is 2.41 bits per heavy atom. The molecule has 0 aliphatic rings. The highest BCUT2D eigenvalue weighted by Gasteiger charge is 2.21. The lowest BCUT2D eigenvalue weighted by molar-refractivity contribution is -0.00240. The average molecular weight is 330 g/mol. The summed E-state index contributed by atoms with van der Waals surface area (Å²) in [5.74, 6) is 0. The molecule has 0 fully saturated rings. The first-order valence-electron chi connectivity index (χ1n) is 5.03. The summed E-state index contributed by atoms with van der Waals surface area (Å²) in [6.07, 6.45) is 1.43. The molecule has 0 spiro atoms. The molecule has 17 heavy (non-hydrogen) atoms. The van der Waals surface area contributed by atoms with Crippen molar-refractivity contribution in [3.63, 3.8) is 0 Å². The fourth-order valence-corrected chi connectivity index (χ4v) is 1.87. The Bertz CT molecular complexity index is 246. The Morgan fingerprint density at radius 2 is 1.88 bits per heavy atom. The molecule has 0 amide bonds. The van der Waals surface area contributed by atoms with E-state index in [1.54, 1.807) is 6.92 Å². The monoisotopic (exact) mass is 328 g/mol. The van der Waals surface area contributed by atoms with Gasteiger partial charge in [0.2, 0.25) is 0 Å². The van der Waals surface area contributed by atoms with Crippen LogP contribution in [0.25, 0.3) is 0 Å². The molecule has 5 nitrogen and oxygen atoms in total. The van der Waals surface area contributed by atoms with E-state index < -0.39 is 11.6 Å². The van der Waals surface area contributed by atoms with Gasteiger partial charge in [0.1, 0.15) is 0 Å². The molecule has 1 atom stereocenters.